The van der Waals surface area contributed by atoms with Gasteiger partial charge in [0.25, 0.3) is 0 Å². The Balaban J connectivity index is 2.02. The number of ketones is 1. The number of thioether (sulfide) groups is 1. The summed E-state index contributed by atoms with van der Waals surface area (Å²) in [6.07, 6.45) is 3.15. The molecule has 1 heterocycles. The van der Waals surface area contributed by atoms with Crippen LogP contribution in [0.15, 0.2) is 51.7 Å². The molecule has 2 aromatic rings. The molecule has 4 nitrogen and oxygen atoms in total. The Hall–Kier alpha value is -1.40. The van der Waals surface area contributed by atoms with Crippen molar-refractivity contribution >= 4 is 33.5 Å². The average molecular weight is 324 g/mol. The summed E-state index contributed by atoms with van der Waals surface area (Å²) in [6, 6.07) is 7.29. The summed E-state index contributed by atoms with van der Waals surface area (Å²) >= 11 is 4.69. The Morgan fingerprint density at radius 1 is 1.50 bits per heavy atom. The first-order chi connectivity index (χ1) is 8.66. The first-order valence-corrected chi connectivity index (χ1v) is 6.81. The van der Waals surface area contributed by atoms with E-state index in [1.807, 2.05) is 19.2 Å². The van der Waals surface area contributed by atoms with Gasteiger partial charge in [-0.3, -0.25) is 4.79 Å². The standard InChI is InChI=1S/C12H10BrN3OS/c1-16-8-14-15-12(16)18-6-5-11(17)9-3-2-4-10(13)7-9/h2-8H,1H3. The van der Waals surface area contributed by atoms with Crippen LogP contribution in [0.4, 0.5) is 0 Å². The summed E-state index contributed by atoms with van der Waals surface area (Å²) in [4.78, 5) is 11.8. The van der Waals surface area contributed by atoms with Crippen molar-refractivity contribution in [3.8, 4) is 0 Å². The molecule has 0 saturated heterocycles. The maximum atomic E-state index is 11.8. The van der Waals surface area contributed by atoms with Crippen molar-refractivity contribution in [3.05, 3.63) is 52.1 Å². The summed E-state index contributed by atoms with van der Waals surface area (Å²) in [5.41, 5.74) is 0.652. The number of aryl methyl sites for hydroxylation is 1. The predicted molar refractivity (Wildman–Crippen MR) is 74.5 cm³/mol. The molecule has 18 heavy (non-hydrogen) atoms. The third kappa shape index (κ3) is 3.30. The van der Waals surface area contributed by atoms with Crippen molar-refractivity contribution in [1.82, 2.24) is 14.8 Å². The van der Waals surface area contributed by atoms with Gasteiger partial charge in [-0.05, 0) is 23.6 Å². The van der Waals surface area contributed by atoms with Crippen LogP contribution in [0.25, 0.3) is 0 Å². The molecular weight excluding hydrogens is 314 g/mol. The smallest absolute Gasteiger partial charge is 0.194 e. The summed E-state index contributed by atoms with van der Waals surface area (Å²) in [7, 11) is 1.85. The first kappa shape index (κ1) is 13.0. The molecule has 0 N–H and O–H groups in total. The molecule has 0 amide bonds. The highest BCUT2D eigenvalue weighted by Crippen LogP contribution is 2.16. The molecule has 0 atom stereocenters. The van der Waals surface area contributed by atoms with E-state index >= 15 is 0 Å². The summed E-state index contributed by atoms with van der Waals surface area (Å²) in [6.45, 7) is 0. The molecule has 0 aliphatic heterocycles. The Bertz CT molecular complexity index is 595. The van der Waals surface area contributed by atoms with E-state index in [9.17, 15) is 4.79 Å². The maximum Gasteiger partial charge on any atom is 0.194 e. The Kier molecular flexibility index (Phi) is 4.33. The minimum absolute atomic E-state index is 0.0361. The maximum absolute atomic E-state index is 11.8. The molecule has 6 heteroatoms. The van der Waals surface area contributed by atoms with E-state index in [2.05, 4.69) is 26.1 Å². The van der Waals surface area contributed by atoms with E-state index in [0.717, 1.165) is 9.63 Å². The molecule has 0 spiro atoms. The minimum atomic E-state index is -0.0361. The zero-order chi connectivity index (χ0) is 13.0. The number of carbonyl (C=O) groups excluding carboxylic acids is 1. The van der Waals surface area contributed by atoms with Gasteiger partial charge in [0.05, 0.1) is 0 Å². The molecule has 0 aliphatic carbocycles. The fourth-order valence-corrected chi connectivity index (χ4v) is 2.29. The number of halogens is 1. The normalized spacial score (nSPS) is 11.0. The van der Waals surface area contributed by atoms with Crippen molar-refractivity contribution in [1.29, 1.82) is 0 Å². The van der Waals surface area contributed by atoms with Crippen LogP contribution in [-0.2, 0) is 7.05 Å². The van der Waals surface area contributed by atoms with Crippen LogP contribution < -0.4 is 0 Å². The molecular formula is C12H10BrN3OS. The topological polar surface area (TPSA) is 47.8 Å². The molecule has 92 valence electrons. The lowest BCUT2D eigenvalue weighted by atomic mass is 10.1. The lowest BCUT2D eigenvalue weighted by Crippen LogP contribution is -1.93. The Morgan fingerprint density at radius 3 is 3.00 bits per heavy atom. The van der Waals surface area contributed by atoms with Crippen LogP contribution in [0.2, 0.25) is 0 Å². The van der Waals surface area contributed by atoms with Gasteiger partial charge < -0.3 is 4.57 Å². The minimum Gasteiger partial charge on any atom is -0.312 e. The number of allylic oxidation sites excluding steroid dienone is 1. The number of nitrogens with zero attached hydrogens (tertiary/aromatic N) is 3. The van der Waals surface area contributed by atoms with Gasteiger partial charge in [-0.25, -0.2) is 0 Å². The van der Waals surface area contributed by atoms with E-state index in [-0.39, 0.29) is 5.78 Å². The predicted octanol–water partition coefficient (Wildman–Crippen LogP) is 3.07. The van der Waals surface area contributed by atoms with Crippen LogP contribution in [0.1, 0.15) is 10.4 Å². The number of aromatic nitrogens is 3. The van der Waals surface area contributed by atoms with Crippen molar-refractivity contribution in [2.45, 2.75) is 5.16 Å². The van der Waals surface area contributed by atoms with Gasteiger partial charge in [0, 0.05) is 17.1 Å². The van der Waals surface area contributed by atoms with Gasteiger partial charge in [0.15, 0.2) is 10.9 Å². The second-order valence-electron chi connectivity index (χ2n) is 3.52. The zero-order valence-electron chi connectivity index (χ0n) is 9.58. The van der Waals surface area contributed by atoms with Gasteiger partial charge in [0.2, 0.25) is 0 Å². The summed E-state index contributed by atoms with van der Waals surface area (Å²) in [5, 5.41) is 10.1. The van der Waals surface area contributed by atoms with Crippen molar-refractivity contribution < 1.29 is 4.79 Å². The summed E-state index contributed by atoms with van der Waals surface area (Å²) in [5.74, 6) is -0.0361. The summed E-state index contributed by atoms with van der Waals surface area (Å²) < 4.78 is 2.68. The monoisotopic (exact) mass is 323 g/mol. The number of rotatable bonds is 4. The molecule has 1 aromatic carbocycles. The second kappa shape index (κ2) is 5.97. The van der Waals surface area contributed by atoms with Crippen LogP contribution in [0.3, 0.4) is 0 Å². The molecule has 0 saturated carbocycles. The molecule has 1 aromatic heterocycles. The van der Waals surface area contributed by atoms with Gasteiger partial charge >= 0.3 is 0 Å². The SMILES string of the molecule is Cn1cnnc1SC=CC(=O)c1cccc(Br)c1. The van der Waals surface area contributed by atoms with E-state index in [4.69, 9.17) is 0 Å². The van der Waals surface area contributed by atoms with Gasteiger partial charge in [-0.1, -0.05) is 39.8 Å². The molecule has 0 fully saturated rings. The highest BCUT2D eigenvalue weighted by atomic mass is 79.9. The van der Waals surface area contributed by atoms with Crippen LogP contribution in [-0.4, -0.2) is 20.5 Å². The molecule has 0 aliphatic rings. The second-order valence-corrected chi connectivity index (χ2v) is 5.31. The van der Waals surface area contributed by atoms with Crippen LogP contribution in [0, 0.1) is 0 Å². The van der Waals surface area contributed by atoms with E-state index in [1.165, 1.54) is 17.8 Å². The largest absolute Gasteiger partial charge is 0.312 e. The van der Waals surface area contributed by atoms with E-state index in [0.29, 0.717) is 5.56 Å². The van der Waals surface area contributed by atoms with E-state index in [1.54, 1.807) is 28.4 Å². The highest BCUT2D eigenvalue weighted by molar-refractivity contribution is 9.10. The number of hydrogen-bond acceptors (Lipinski definition) is 4. The van der Waals surface area contributed by atoms with Crippen molar-refractivity contribution in [2.24, 2.45) is 7.05 Å². The quantitative estimate of drug-likeness (QED) is 0.493. The molecule has 2 rings (SSSR count). The lowest BCUT2D eigenvalue weighted by molar-refractivity contribution is 0.104. The fraction of sp³-hybridized carbons (Fsp3) is 0.0833. The number of hydrogen-bond donors (Lipinski definition) is 0. The Morgan fingerprint density at radius 2 is 2.33 bits per heavy atom. The molecule has 0 unspecified atom stereocenters. The van der Waals surface area contributed by atoms with Gasteiger partial charge in [0.1, 0.15) is 6.33 Å². The van der Waals surface area contributed by atoms with Gasteiger partial charge in [-0.15, -0.1) is 10.2 Å². The third-order valence-electron chi connectivity index (χ3n) is 2.17. The van der Waals surface area contributed by atoms with Crippen LogP contribution >= 0.6 is 27.7 Å². The van der Waals surface area contributed by atoms with Gasteiger partial charge in [-0.2, -0.15) is 0 Å². The number of carbonyl (C=O) groups is 1. The fourth-order valence-electron chi connectivity index (χ4n) is 1.27. The van der Waals surface area contributed by atoms with Crippen molar-refractivity contribution in [2.75, 3.05) is 0 Å². The van der Waals surface area contributed by atoms with Crippen LogP contribution in [0.5, 0.6) is 0 Å². The number of benzene rings is 1. The molecule has 0 bridgehead atoms. The first-order valence-electron chi connectivity index (χ1n) is 5.14. The van der Waals surface area contributed by atoms with Crippen molar-refractivity contribution in [3.63, 3.8) is 0 Å². The molecule has 0 radical (unpaired) electrons. The third-order valence-corrected chi connectivity index (χ3v) is 3.52. The lowest BCUT2D eigenvalue weighted by Gasteiger charge is -1.96. The average Bonchev–Trinajstić information content (AvgIpc) is 2.75. The highest BCUT2D eigenvalue weighted by Gasteiger charge is 2.02. The zero-order valence-corrected chi connectivity index (χ0v) is 12.0. The Labute approximate surface area is 117 Å². The van der Waals surface area contributed by atoms with E-state index < -0.39 is 0 Å².